The highest BCUT2D eigenvalue weighted by atomic mass is 16.2. The van der Waals surface area contributed by atoms with Crippen LogP contribution in [0.5, 0.6) is 0 Å². The second kappa shape index (κ2) is 4.52. The zero-order valence-electron chi connectivity index (χ0n) is 10.2. The Balaban J connectivity index is 2.54. The Morgan fingerprint density at radius 3 is 2.40 bits per heavy atom. The molecule has 0 radical (unpaired) electrons. The van der Waals surface area contributed by atoms with Gasteiger partial charge in [-0.05, 0) is 33.1 Å². The molecule has 1 amide bonds. The Labute approximate surface area is 92.8 Å². The van der Waals surface area contributed by atoms with E-state index in [0.29, 0.717) is 0 Å². The van der Waals surface area contributed by atoms with E-state index in [1.54, 1.807) is 0 Å². The molecule has 3 heteroatoms. The number of carbonyl (C=O) groups excluding carboxylic acids is 1. The van der Waals surface area contributed by atoms with Crippen LogP contribution in [0.15, 0.2) is 0 Å². The van der Waals surface area contributed by atoms with Crippen LogP contribution in [0, 0.1) is 0 Å². The maximum atomic E-state index is 12.0. The van der Waals surface area contributed by atoms with Crippen LogP contribution in [-0.4, -0.2) is 17.0 Å². The zero-order chi connectivity index (χ0) is 11.5. The van der Waals surface area contributed by atoms with Crippen molar-refractivity contribution in [1.82, 2.24) is 5.32 Å². The molecule has 88 valence electrons. The van der Waals surface area contributed by atoms with Crippen molar-refractivity contribution in [1.29, 1.82) is 0 Å². The lowest BCUT2D eigenvalue weighted by Crippen LogP contribution is -2.57. The molecule has 1 saturated carbocycles. The van der Waals surface area contributed by atoms with Gasteiger partial charge in [0.1, 0.15) is 0 Å². The topological polar surface area (TPSA) is 55.1 Å². The summed E-state index contributed by atoms with van der Waals surface area (Å²) < 4.78 is 0. The van der Waals surface area contributed by atoms with E-state index in [1.165, 1.54) is 0 Å². The van der Waals surface area contributed by atoms with Gasteiger partial charge in [0.2, 0.25) is 5.91 Å². The average Bonchev–Trinajstić information content (AvgIpc) is 2.52. The van der Waals surface area contributed by atoms with E-state index in [-0.39, 0.29) is 11.4 Å². The predicted molar refractivity (Wildman–Crippen MR) is 62.5 cm³/mol. The summed E-state index contributed by atoms with van der Waals surface area (Å²) in [5, 5.41) is 3.08. The smallest absolute Gasteiger partial charge is 0.240 e. The van der Waals surface area contributed by atoms with Crippen molar-refractivity contribution in [3.63, 3.8) is 0 Å². The van der Waals surface area contributed by atoms with Crippen LogP contribution in [-0.2, 0) is 4.79 Å². The Bertz CT molecular complexity index is 230. The Morgan fingerprint density at radius 1 is 1.40 bits per heavy atom. The Kier molecular flexibility index (Phi) is 3.77. The van der Waals surface area contributed by atoms with Crippen LogP contribution in [0.2, 0.25) is 0 Å². The first-order valence-electron chi connectivity index (χ1n) is 6.01. The number of carbonyl (C=O) groups is 1. The normalized spacial score (nSPS) is 20.3. The molecule has 0 aromatic rings. The van der Waals surface area contributed by atoms with Gasteiger partial charge >= 0.3 is 0 Å². The number of amides is 1. The van der Waals surface area contributed by atoms with Crippen LogP contribution in [0.3, 0.4) is 0 Å². The summed E-state index contributed by atoms with van der Waals surface area (Å²) in [5.74, 6) is 0.0402. The molecule has 0 aliphatic heterocycles. The van der Waals surface area contributed by atoms with Crippen LogP contribution in [0.25, 0.3) is 0 Å². The molecular formula is C12H24N2O. The number of nitrogens with two attached hydrogens (primary N) is 1. The highest BCUT2D eigenvalue weighted by molar-refractivity contribution is 5.86. The lowest BCUT2D eigenvalue weighted by atomic mass is 9.93. The SMILES string of the molecule is CCCC(C)(C)NC(=O)C1(N)CCCC1. The Morgan fingerprint density at radius 2 is 1.93 bits per heavy atom. The summed E-state index contributed by atoms with van der Waals surface area (Å²) in [6.07, 6.45) is 5.90. The quantitative estimate of drug-likeness (QED) is 0.748. The Hall–Kier alpha value is -0.570. The fourth-order valence-electron chi connectivity index (χ4n) is 2.35. The second-order valence-corrected chi connectivity index (χ2v) is 5.45. The van der Waals surface area contributed by atoms with Crippen LogP contribution >= 0.6 is 0 Å². The highest BCUT2D eigenvalue weighted by Crippen LogP contribution is 2.28. The van der Waals surface area contributed by atoms with Crippen molar-refractivity contribution < 1.29 is 4.79 Å². The lowest BCUT2D eigenvalue weighted by molar-refractivity contribution is -0.127. The van der Waals surface area contributed by atoms with E-state index < -0.39 is 5.54 Å². The molecule has 0 bridgehead atoms. The molecule has 0 unspecified atom stereocenters. The van der Waals surface area contributed by atoms with Gasteiger partial charge in [-0.3, -0.25) is 4.79 Å². The molecule has 0 atom stereocenters. The van der Waals surface area contributed by atoms with Crippen molar-refractivity contribution in [3.8, 4) is 0 Å². The first-order valence-corrected chi connectivity index (χ1v) is 6.01. The van der Waals surface area contributed by atoms with E-state index in [2.05, 4.69) is 26.1 Å². The van der Waals surface area contributed by atoms with Gasteiger partial charge < -0.3 is 11.1 Å². The van der Waals surface area contributed by atoms with Crippen molar-refractivity contribution in [2.75, 3.05) is 0 Å². The van der Waals surface area contributed by atoms with Crippen LogP contribution in [0.1, 0.15) is 59.3 Å². The van der Waals surface area contributed by atoms with E-state index in [1.807, 2.05) is 0 Å². The summed E-state index contributed by atoms with van der Waals surface area (Å²) in [6, 6.07) is 0. The minimum Gasteiger partial charge on any atom is -0.350 e. The third kappa shape index (κ3) is 3.20. The standard InChI is InChI=1S/C12H24N2O/c1-4-7-11(2,3)14-10(15)12(13)8-5-6-9-12/h4-9,13H2,1-3H3,(H,14,15). The average molecular weight is 212 g/mol. The third-order valence-electron chi connectivity index (χ3n) is 3.27. The van der Waals surface area contributed by atoms with Gasteiger partial charge in [0.05, 0.1) is 5.54 Å². The molecule has 0 aromatic carbocycles. The zero-order valence-corrected chi connectivity index (χ0v) is 10.2. The van der Waals surface area contributed by atoms with Gasteiger partial charge in [-0.1, -0.05) is 26.2 Å². The summed E-state index contributed by atoms with van der Waals surface area (Å²) >= 11 is 0. The summed E-state index contributed by atoms with van der Waals surface area (Å²) in [4.78, 5) is 12.0. The maximum Gasteiger partial charge on any atom is 0.240 e. The first-order chi connectivity index (χ1) is 6.90. The minimum absolute atomic E-state index is 0.0402. The number of hydrogen-bond donors (Lipinski definition) is 2. The fourth-order valence-corrected chi connectivity index (χ4v) is 2.35. The molecule has 1 aliphatic rings. The molecule has 3 nitrogen and oxygen atoms in total. The van der Waals surface area contributed by atoms with E-state index in [9.17, 15) is 4.79 Å². The van der Waals surface area contributed by atoms with Crippen LogP contribution < -0.4 is 11.1 Å². The van der Waals surface area contributed by atoms with E-state index in [4.69, 9.17) is 5.73 Å². The summed E-state index contributed by atoms with van der Waals surface area (Å²) in [7, 11) is 0. The predicted octanol–water partition coefficient (Wildman–Crippen LogP) is 1.95. The molecule has 3 N–H and O–H groups in total. The van der Waals surface area contributed by atoms with Crippen molar-refractivity contribution >= 4 is 5.91 Å². The molecule has 1 aliphatic carbocycles. The molecular weight excluding hydrogens is 188 g/mol. The van der Waals surface area contributed by atoms with Gasteiger partial charge in [-0.2, -0.15) is 0 Å². The maximum absolute atomic E-state index is 12.0. The third-order valence-corrected chi connectivity index (χ3v) is 3.27. The van der Waals surface area contributed by atoms with Gasteiger partial charge in [-0.15, -0.1) is 0 Å². The van der Waals surface area contributed by atoms with Gasteiger partial charge in [-0.25, -0.2) is 0 Å². The van der Waals surface area contributed by atoms with E-state index in [0.717, 1.165) is 38.5 Å². The van der Waals surface area contributed by atoms with Crippen molar-refractivity contribution in [3.05, 3.63) is 0 Å². The fraction of sp³-hybridized carbons (Fsp3) is 0.917. The molecule has 1 fully saturated rings. The largest absolute Gasteiger partial charge is 0.350 e. The number of nitrogens with one attached hydrogen (secondary N) is 1. The lowest BCUT2D eigenvalue weighted by Gasteiger charge is -2.31. The molecule has 0 aromatic heterocycles. The number of hydrogen-bond acceptors (Lipinski definition) is 2. The molecule has 15 heavy (non-hydrogen) atoms. The van der Waals surface area contributed by atoms with E-state index >= 15 is 0 Å². The number of rotatable bonds is 4. The molecule has 1 rings (SSSR count). The molecule has 0 heterocycles. The van der Waals surface area contributed by atoms with Crippen molar-refractivity contribution in [2.24, 2.45) is 5.73 Å². The second-order valence-electron chi connectivity index (χ2n) is 5.45. The highest BCUT2D eigenvalue weighted by Gasteiger charge is 2.38. The monoisotopic (exact) mass is 212 g/mol. The van der Waals surface area contributed by atoms with Gasteiger partial charge in [0, 0.05) is 5.54 Å². The molecule has 0 saturated heterocycles. The molecule has 0 spiro atoms. The summed E-state index contributed by atoms with van der Waals surface area (Å²) in [5.41, 5.74) is 5.38. The van der Waals surface area contributed by atoms with Gasteiger partial charge in [0.25, 0.3) is 0 Å². The van der Waals surface area contributed by atoms with Crippen molar-refractivity contribution in [2.45, 2.75) is 70.4 Å². The van der Waals surface area contributed by atoms with Gasteiger partial charge in [0.15, 0.2) is 0 Å². The summed E-state index contributed by atoms with van der Waals surface area (Å²) in [6.45, 7) is 6.25. The van der Waals surface area contributed by atoms with Crippen LogP contribution in [0.4, 0.5) is 0 Å². The minimum atomic E-state index is -0.592. The first kappa shape index (κ1) is 12.5.